The Kier molecular flexibility index (Phi) is 1.81. The Balaban J connectivity index is 2.33. The second-order valence-corrected chi connectivity index (χ2v) is 5.01. The van der Waals surface area contributed by atoms with Gasteiger partial charge in [0, 0.05) is 10.6 Å². The first-order chi connectivity index (χ1) is 6.84. The first-order valence-corrected chi connectivity index (χ1v) is 5.98. The number of thioether (sulfide) groups is 1. The summed E-state index contributed by atoms with van der Waals surface area (Å²) in [6.07, 6.45) is 0. The van der Waals surface area contributed by atoms with Crippen LogP contribution >= 0.6 is 11.8 Å². The third-order valence-corrected chi connectivity index (χ3v) is 4.23. The van der Waals surface area contributed by atoms with Crippen LogP contribution in [0.5, 0.6) is 0 Å². The predicted octanol–water partition coefficient (Wildman–Crippen LogP) is 4.05. The van der Waals surface area contributed by atoms with Gasteiger partial charge in [0.05, 0.1) is 0 Å². The molecule has 0 fully saturated rings. The molecule has 1 heteroatoms. The highest BCUT2D eigenvalue weighted by Crippen LogP contribution is 2.41. The zero-order valence-electron chi connectivity index (χ0n) is 8.16. The average molecular weight is 200 g/mol. The maximum absolute atomic E-state index is 2.36. The topological polar surface area (TPSA) is 0 Å². The summed E-state index contributed by atoms with van der Waals surface area (Å²) < 4.78 is 0. The van der Waals surface area contributed by atoms with Crippen molar-refractivity contribution < 1.29 is 0 Å². The summed E-state index contributed by atoms with van der Waals surface area (Å²) in [5, 5.41) is 2.74. The molecule has 70 valence electrons. The molecule has 0 N–H and O–H groups in total. The SMILES string of the molecule is CC1CSc2cc3ccccc3cc21. The molecule has 0 aromatic heterocycles. The van der Waals surface area contributed by atoms with Gasteiger partial charge in [-0.15, -0.1) is 11.8 Å². The van der Waals surface area contributed by atoms with E-state index in [1.807, 2.05) is 11.8 Å². The van der Waals surface area contributed by atoms with Crippen molar-refractivity contribution in [1.82, 2.24) is 0 Å². The number of benzene rings is 2. The Morgan fingerprint density at radius 2 is 1.86 bits per heavy atom. The minimum absolute atomic E-state index is 0.722. The fraction of sp³-hybridized carbons (Fsp3) is 0.231. The van der Waals surface area contributed by atoms with Gasteiger partial charge in [-0.2, -0.15) is 0 Å². The summed E-state index contributed by atoms with van der Waals surface area (Å²) in [5.74, 6) is 1.96. The van der Waals surface area contributed by atoms with Gasteiger partial charge in [0.15, 0.2) is 0 Å². The maximum atomic E-state index is 2.36. The van der Waals surface area contributed by atoms with Crippen molar-refractivity contribution in [2.45, 2.75) is 17.7 Å². The summed E-state index contributed by atoms with van der Waals surface area (Å²) in [5.41, 5.74) is 1.54. The summed E-state index contributed by atoms with van der Waals surface area (Å²) >= 11 is 1.99. The Bertz CT molecular complexity index is 488. The van der Waals surface area contributed by atoms with Crippen LogP contribution in [0.15, 0.2) is 41.3 Å². The average Bonchev–Trinajstić information content (AvgIpc) is 2.57. The van der Waals surface area contributed by atoms with Gasteiger partial charge in [-0.05, 0) is 34.4 Å². The van der Waals surface area contributed by atoms with E-state index in [1.54, 1.807) is 0 Å². The van der Waals surface area contributed by atoms with Gasteiger partial charge in [-0.3, -0.25) is 0 Å². The molecule has 1 unspecified atom stereocenters. The Hall–Kier alpha value is -0.950. The quantitative estimate of drug-likeness (QED) is 0.618. The lowest BCUT2D eigenvalue weighted by Crippen LogP contribution is -1.88. The molecule has 2 aromatic rings. The first-order valence-electron chi connectivity index (χ1n) is 5.00. The van der Waals surface area contributed by atoms with Gasteiger partial charge >= 0.3 is 0 Å². The van der Waals surface area contributed by atoms with E-state index in [0.29, 0.717) is 0 Å². The minimum Gasteiger partial charge on any atom is -0.125 e. The molecular formula is C13H12S. The molecule has 14 heavy (non-hydrogen) atoms. The van der Waals surface area contributed by atoms with E-state index in [2.05, 4.69) is 43.3 Å². The molecule has 0 spiro atoms. The Morgan fingerprint density at radius 3 is 2.64 bits per heavy atom. The number of fused-ring (bicyclic) bond motifs is 2. The molecule has 1 atom stereocenters. The van der Waals surface area contributed by atoms with Gasteiger partial charge in [-0.1, -0.05) is 31.2 Å². The van der Waals surface area contributed by atoms with Crippen molar-refractivity contribution in [2.75, 3.05) is 5.75 Å². The lowest BCUT2D eigenvalue weighted by molar-refractivity contribution is 0.885. The Morgan fingerprint density at radius 1 is 1.14 bits per heavy atom. The molecule has 1 aliphatic rings. The van der Waals surface area contributed by atoms with Crippen LogP contribution in [-0.4, -0.2) is 5.75 Å². The number of hydrogen-bond acceptors (Lipinski definition) is 1. The smallest absolute Gasteiger partial charge is 0.0114 e. The molecule has 0 saturated heterocycles. The van der Waals surface area contributed by atoms with Crippen LogP contribution in [0.4, 0.5) is 0 Å². The molecule has 3 rings (SSSR count). The van der Waals surface area contributed by atoms with Crippen molar-refractivity contribution in [2.24, 2.45) is 0 Å². The summed E-state index contributed by atoms with van der Waals surface area (Å²) in [4.78, 5) is 1.48. The molecule has 1 heterocycles. The van der Waals surface area contributed by atoms with Crippen LogP contribution in [0.2, 0.25) is 0 Å². The zero-order valence-corrected chi connectivity index (χ0v) is 8.97. The van der Waals surface area contributed by atoms with E-state index in [0.717, 1.165) is 5.92 Å². The highest BCUT2D eigenvalue weighted by molar-refractivity contribution is 7.99. The van der Waals surface area contributed by atoms with Crippen molar-refractivity contribution in [3.8, 4) is 0 Å². The molecule has 0 saturated carbocycles. The highest BCUT2D eigenvalue weighted by Gasteiger charge is 2.19. The van der Waals surface area contributed by atoms with Crippen molar-refractivity contribution in [3.63, 3.8) is 0 Å². The van der Waals surface area contributed by atoms with E-state index < -0.39 is 0 Å². The van der Waals surface area contributed by atoms with E-state index in [-0.39, 0.29) is 0 Å². The molecule has 0 amide bonds. The van der Waals surface area contributed by atoms with Crippen molar-refractivity contribution >= 4 is 22.5 Å². The molecular weight excluding hydrogens is 188 g/mol. The normalized spacial score (nSPS) is 19.9. The Labute approximate surface area is 88.3 Å². The fourth-order valence-corrected chi connectivity index (χ4v) is 3.30. The summed E-state index contributed by atoms with van der Waals surface area (Å²) in [6.45, 7) is 2.31. The number of rotatable bonds is 0. The van der Waals surface area contributed by atoms with Crippen LogP contribution in [0.1, 0.15) is 18.4 Å². The van der Waals surface area contributed by atoms with Gasteiger partial charge in [0.2, 0.25) is 0 Å². The monoisotopic (exact) mass is 200 g/mol. The van der Waals surface area contributed by atoms with E-state index >= 15 is 0 Å². The molecule has 0 aliphatic carbocycles. The molecule has 0 nitrogen and oxygen atoms in total. The van der Waals surface area contributed by atoms with Crippen LogP contribution in [0, 0.1) is 0 Å². The molecule has 0 bridgehead atoms. The van der Waals surface area contributed by atoms with E-state index in [4.69, 9.17) is 0 Å². The summed E-state index contributed by atoms with van der Waals surface area (Å²) in [7, 11) is 0. The van der Waals surface area contributed by atoms with Gasteiger partial charge < -0.3 is 0 Å². The van der Waals surface area contributed by atoms with Gasteiger partial charge in [-0.25, -0.2) is 0 Å². The number of hydrogen-bond donors (Lipinski definition) is 0. The van der Waals surface area contributed by atoms with Crippen LogP contribution < -0.4 is 0 Å². The largest absolute Gasteiger partial charge is 0.125 e. The zero-order chi connectivity index (χ0) is 9.54. The van der Waals surface area contributed by atoms with Crippen LogP contribution in [0.3, 0.4) is 0 Å². The van der Waals surface area contributed by atoms with Crippen molar-refractivity contribution in [3.05, 3.63) is 42.0 Å². The third kappa shape index (κ3) is 1.16. The highest BCUT2D eigenvalue weighted by atomic mass is 32.2. The maximum Gasteiger partial charge on any atom is 0.0114 e. The van der Waals surface area contributed by atoms with Gasteiger partial charge in [0.25, 0.3) is 0 Å². The first kappa shape index (κ1) is 8.37. The van der Waals surface area contributed by atoms with Crippen LogP contribution in [-0.2, 0) is 0 Å². The summed E-state index contributed by atoms with van der Waals surface area (Å²) in [6, 6.07) is 13.3. The molecule has 1 aliphatic heterocycles. The lowest BCUT2D eigenvalue weighted by Gasteiger charge is -2.05. The standard InChI is InChI=1S/C13H12S/c1-9-8-14-13-7-11-5-3-2-4-10(11)6-12(9)13/h2-7,9H,8H2,1H3. The van der Waals surface area contributed by atoms with E-state index in [9.17, 15) is 0 Å². The second-order valence-electron chi connectivity index (χ2n) is 3.95. The fourth-order valence-electron chi connectivity index (χ4n) is 2.05. The van der Waals surface area contributed by atoms with Gasteiger partial charge in [0.1, 0.15) is 0 Å². The second kappa shape index (κ2) is 3.03. The minimum atomic E-state index is 0.722. The van der Waals surface area contributed by atoms with Crippen molar-refractivity contribution in [1.29, 1.82) is 0 Å². The predicted molar refractivity (Wildman–Crippen MR) is 63.1 cm³/mol. The molecule has 0 radical (unpaired) electrons. The lowest BCUT2D eigenvalue weighted by atomic mass is 9.99. The van der Waals surface area contributed by atoms with Crippen LogP contribution in [0.25, 0.3) is 10.8 Å². The molecule has 2 aromatic carbocycles. The van der Waals surface area contributed by atoms with E-state index in [1.165, 1.54) is 27.0 Å². The third-order valence-electron chi connectivity index (χ3n) is 2.90.